The standard InChI is InChI=1S/C13H11BrN2OS/c1-17-12-6-9(7-15)2-4-11(12)16-8-10-3-5-13(14)18-10/h2-6,16H,8H2,1H3. The van der Waals surface area contributed by atoms with Crippen LogP contribution in [0.15, 0.2) is 34.1 Å². The predicted octanol–water partition coefficient (Wildman–Crippen LogP) is 4.00. The normalized spacial score (nSPS) is 9.83. The maximum Gasteiger partial charge on any atom is 0.143 e. The molecule has 18 heavy (non-hydrogen) atoms. The first kappa shape index (κ1) is 12.9. The molecule has 0 aliphatic rings. The molecule has 92 valence electrons. The van der Waals surface area contributed by atoms with Crippen LogP contribution in [-0.2, 0) is 6.54 Å². The Balaban J connectivity index is 2.12. The van der Waals surface area contributed by atoms with Crippen LogP contribution in [0.25, 0.3) is 0 Å². The molecule has 0 aliphatic heterocycles. The van der Waals surface area contributed by atoms with E-state index in [4.69, 9.17) is 10.00 Å². The lowest BCUT2D eigenvalue weighted by Gasteiger charge is -2.10. The van der Waals surface area contributed by atoms with Crippen molar-refractivity contribution >= 4 is 33.0 Å². The number of halogens is 1. The third-order valence-electron chi connectivity index (χ3n) is 2.41. The van der Waals surface area contributed by atoms with Gasteiger partial charge in [0, 0.05) is 17.5 Å². The number of anilines is 1. The molecule has 1 aromatic heterocycles. The van der Waals surface area contributed by atoms with Crippen molar-refractivity contribution in [3.05, 3.63) is 44.6 Å². The van der Waals surface area contributed by atoms with Gasteiger partial charge in [-0.25, -0.2) is 0 Å². The molecule has 1 N–H and O–H groups in total. The molecule has 5 heteroatoms. The van der Waals surface area contributed by atoms with Crippen LogP contribution in [0.1, 0.15) is 10.4 Å². The Morgan fingerprint density at radius 1 is 1.39 bits per heavy atom. The van der Waals surface area contributed by atoms with Crippen molar-refractivity contribution in [3.63, 3.8) is 0 Å². The van der Waals surface area contributed by atoms with Gasteiger partial charge in [-0.1, -0.05) is 0 Å². The van der Waals surface area contributed by atoms with Crippen molar-refractivity contribution in [1.29, 1.82) is 5.26 Å². The molecule has 0 bridgehead atoms. The smallest absolute Gasteiger partial charge is 0.143 e. The summed E-state index contributed by atoms with van der Waals surface area (Å²) in [5.74, 6) is 0.685. The third-order valence-corrected chi connectivity index (χ3v) is 4.04. The number of ether oxygens (including phenoxy) is 1. The van der Waals surface area contributed by atoms with Gasteiger partial charge in [0.2, 0.25) is 0 Å². The van der Waals surface area contributed by atoms with E-state index in [1.165, 1.54) is 4.88 Å². The van der Waals surface area contributed by atoms with Gasteiger partial charge in [-0.2, -0.15) is 5.26 Å². The maximum absolute atomic E-state index is 8.83. The molecule has 2 rings (SSSR count). The summed E-state index contributed by atoms with van der Waals surface area (Å²) in [6.45, 7) is 0.735. The summed E-state index contributed by atoms with van der Waals surface area (Å²) < 4.78 is 6.38. The van der Waals surface area contributed by atoms with E-state index in [9.17, 15) is 0 Å². The largest absolute Gasteiger partial charge is 0.495 e. The lowest BCUT2D eigenvalue weighted by molar-refractivity contribution is 0.416. The predicted molar refractivity (Wildman–Crippen MR) is 77.1 cm³/mol. The summed E-state index contributed by atoms with van der Waals surface area (Å²) in [5, 5.41) is 12.1. The molecule has 0 saturated carbocycles. The number of nitriles is 1. The highest BCUT2D eigenvalue weighted by molar-refractivity contribution is 9.11. The van der Waals surface area contributed by atoms with Crippen molar-refractivity contribution < 1.29 is 4.74 Å². The van der Waals surface area contributed by atoms with E-state index in [-0.39, 0.29) is 0 Å². The van der Waals surface area contributed by atoms with Gasteiger partial charge in [0.25, 0.3) is 0 Å². The van der Waals surface area contributed by atoms with Crippen LogP contribution >= 0.6 is 27.3 Å². The minimum atomic E-state index is 0.594. The molecule has 0 fully saturated rings. The molecule has 0 amide bonds. The van der Waals surface area contributed by atoms with Gasteiger partial charge < -0.3 is 10.1 Å². The topological polar surface area (TPSA) is 45.0 Å². The number of nitrogens with zero attached hydrogens (tertiary/aromatic N) is 1. The number of nitrogens with one attached hydrogen (secondary N) is 1. The Labute approximate surface area is 118 Å². The monoisotopic (exact) mass is 322 g/mol. The molecule has 0 spiro atoms. The van der Waals surface area contributed by atoms with Crippen LogP contribution in [0.5, 0.6) is 5.75 Å². The second-order valence-corrected chi connectivity index (χ2v) is 6.13. The van der Waals surface area contributed by atoms with E-state index in [0.29, 0.717) is 11.3 Å². The minimum Gasteiger partial charge on any atom is -0.495 e. The van der Waals surface area contributed by atoms with E-state index < -0.39 is 0 Å². The number of rotatable bonds is 4. The molecule has 0 radical (unpaired) electrons. The highest BCUT2D eigenvalue weighted by Gasteiger charge is 2.05. The second kappa shape index (κ2) is 5.89. The van der Waals surface area contributed by atoms with E-state index in [1.807, 2.05) is 12.1 Å². The average molecular weight is 323 g/mol. The summed E-state index contributed by atoms with van der Waals surface area (Å²) in [6.07, 6.45) is 0. The number of thiophene rings is 1. The fourth-order valence-electron chi connectivity index (χ4n) is 1.54. The Bertz CT molecular complexity index is 589. The van der Waals surface area contributed by atoms with Gasteiger partial charge >= 0.3 is 0 Å². The quantitative estimate of drug-likeness (QED) is 0.925. The van der Waals surface area contributed by atoms with Gasteiger partial charge in [0.1, 0.15) is 5.75 Å². The lowest BCUT2D eigenvalue weighted by Crippen LogP contribution is -2.00. The van der Waals surface area contributed by atoms with Gasteiger partial charge in [-0.05, 0) is 40.2 Å². The SMILES string of the molecule is COc1cc(C#N)ccc1NCc1ccc(Br)s1. The zero-order valence-electron chi connectivity index (χ0n) is 9.74. The first-order valence-corrected chi connectivity index (χ1v) is 6.90. The minimum absolute atomic E-state index is 0.594. The zero-order chi connectivity index (χ0) is 13.0. The van der Waals surface area contributed by atoms with Crippen molar-refractivity contribution in [2.45, 2.75) is 6.54 Å². The molecule has 0 atom stereocenters. The first-order chi connectivity index (χ1) is 8.72. The van der Waals surface area contributed by atoms with E-state index in [0.717, 1.165) is 16.0 Å². The van der Waals surface area contributed by atoms with Crippen LogP contribution in [0.3, 0.4) is 0 Å². The first-order valence-electron chi connectivity index (χ1n) is 5.29. The molecule has 0 unspecified atom stereocenters. The highest BCUT2D eigenvalue weighted by Crippen LogP contribution is 2.27. The average Bonchev–Trinajstić information content (AvgIpc) is 2.82. The molecular weight excluding hydrogens is 312 g/mol. The molecular formula is C13H11BrN2OS. The summed E-state index contributed by atoms with van der Waals surface area (Å²) in [7, 11) is 1.60. The van der Waals surface area contributed by atoms with E-state index >= 15 is 0 Å². The molecule has 2 aromatic rings. The summed E-state index contributed by atoms with van der Waals surface area (Å²) >= 11 is 5.12. The number of methoxy groups -OCH3 is 1. The Morgan fingerprint density at radius 2 is 2.22 bits per heavy atom. The van der Waals surface area contributed by atoms with Crippen LogP contribution in [0.4, 0.5) is 5.69 Å². The second-order valence-electron chi connectivity index (χ2n) is 3.59. The number of benzene rings is 1. The van der Waals surface area contributed by atoms with Gasteiger partial charge in [0.05, 0.1) is 28.2 Å². The molecule has 3 nitrogen and oxygen atoms in total. The Hall–Kier alpha value is -1.51. The summed E-state index contributed by atoms with van der Waals surface area (Å²) in [4.78, 5) is 1.23. The third kappa shape index (κ3) is 3.03. The lowest BCUT2D eigenvalue weighted by atomic mass is 10.2. The van der Waals surface area contributed by atoms with Crippen molar-refractivity contribution in [1.82, 2.24) is 0 Å². The van der Waals surface area contributed by atoms with Crippen LogP contribution in [0, 0.1) is 11.3 Å². The maximum atomic E-state index is 8.83. The van der Waals surface area contributed by atoms with Crippen molar-refractivity contribution in [3.8, 4) is 11.8 Å². The highest BCUT2D eigenvalue weighted by atomic mass is 79.9. The van der Waals surface area contributed by atoms with Crippen LogP contribution in [-0.4, -0.2) is 7.11 Å². The number of hydrogen-bond donors (Lipinski definition) is 1. The van der Waals surface area contributed by atoms with Crippen LogP contribution < -0.4 is 10.1 Å². The fourth-order valence-corrected chi connectivity index (χ4v) is 2.96. The molecule has 0 saturated heterocycles. The zero-order valence-corrected chi connectivity index (χ0v) is 12.1. The Kier molecular flexibility index (Phi) is 4.24. The van der Waals surface area contributed by atoms with Gasteiger partial charge in [-0.3, -0.25) is 0 Å². The van der Waals surface area contributed by atoms with Gasteiger partial charge in [-0.15, -0.1) is 11.3 Å². The fraction of sp³-hybridized carbons (Fsp3) is 0.154. The van der Waals surface area contributed by atoms with Crippen molar-refractivity contribution in [2.75, 3.05) is 12.4 Å². The van der Waals surface area contributed by atoms with E-state index in [2.05, 4.69) is 33.4 Å². The number of hydrogen-bond acceptors (Lipinski definition) is 4. The van der Waals surface area contributed by atoms with Gasteiger partial charge in [0.15, 0.2) is 0 Å². The Morgan fingerprint density at radius 3 is 2.83 bits per heavy atom. The molecule has 0 aliphatic carbocycles. The molecule has 1 aromatic carbocycles. The summed E-state index contributed by atoms with van der Waals surface area (Å²) in [6, 6.07) is 11.5. The summed E-state index contributed by atoms with van der Waals surface area (Å²) in [5.41, 5.74) is 1.48. The van der Waals surface area contributed by atoms with E-state index in [1.54, 1.807) is 30.6 Å². The van der Waals surface area contributed by atoms with Crippen molar-refractivity contribution in [2.24, 2.45) is 0 Å². The van der Waals surface area contributed by atoms with Crippen LogP contribution in [0.2, 0.25) is 0 Å². The molecule has 1 heterocycles.